The lowest BCUT2D eigenvalue weighted by Gasteiger charge is -2.12. The molecule has 10 nitrogen and oxygen atoms in total. The Morgan fingerprint density at radius 2 is 1.92 bits per heavy atom. The van der Waals surface area contributed by atoms with Crippen LogP contribution in [0.4, 0.5) is 0 Å². The number of halogens is 1. The fourth-order valence-corrected chi connectivity index (χ4v) is 4.11. The van der Waals surface area contributed by atoms with Crippen molar-refractivity contribution in [3.05, 3.63) is 47.4 Å². The maximum Gasteiger partial charge on any atom is 0.304 e. The number of hydrogen-bond donors (Lipinski definition) is 2. The lowest BCUT2D eigenvalue weighted by molar-refractivity contribution is -0.136. The number of benzene rings is 1. The summed E-state index contributed by atoms with van der Waals surface area (Å²) < 4.78 is 22.9. The molecular formula is C25H29ClN4O6. The molecule has 1 aromatic carbocycles. The molecule has 3 aromatic rings. The standard InChI is InChI=1S/C25H29ClN4O6/c26-23-19(33-14-13-27-12-10-22(31)32)8-3-9-20(23)34-16-21-29-25(36-30-21)18-7-4-11-28-24(18)35-15-17-5-1-2-6-17/h3-4,7-9,11,17,27H,1-2,5-6,10,12-16H2,(H,31,32). The molecular weight excluding hydrogens is 488 g/mol. The lowest BCUT2D eigenvalue weighted by Crippen LogP contribution is -2.23. The SMILES string of the molecule is O=C(O)CCNCCOc1cccc(OCc2noc(-c3cccnc3OCC3CCCC3)n2)c1Cl. The minimum atomic E-state index is -0.849. The van der Waals surface area contributed by atoms with Crippen LogP contribution in [0.15, 0.2) is 41.1 Å². The van der Waals surface area contributed by atoms with Crippen molar-refractivity contribution >= 4 is 17.6 Å². The van der Waals surface area contributed by atoms with Gasteiger partial charge in [0.1, 0.15) is 28.7 Å². The average molecular weight is 517 g/mol. The second-order valence-electron chi connectivity index (χ2n) is 8.43. The van der Waals surface area contributed by atoms with Gasteiger partial charge in [-0.3, -0.25) is 4.79 Å². The van der Waals surface area contributed by atoms with E-state index in [-0.39, 0.29) is 13.0 Å². The zero-order chi connectivity index (χ0) is 25.2. The number of aromatic nitrogens is 3. The molecule has 0 atom stereocenters. The fraction of sp³-hybridized carbons (Fsp3) is 0.440. The summed E-state index contributed by atoms with van der Waals surface area (Å²) in [6, 6.07) is 8.85. The predicted octanol–water partition coefficient (Wildman–Crippen LogP) is 4.38. The van der Waals surface area contributed by atoms with Crippen LogP contribution in [-0.4, -0.2) is 52.5 Å². The highest BCUT2D eigenvalue weighted by Gasteiger charge is 2.19. The van der Waals surface area contributed by atoms with Crippen LogP contribution in [0, 0.1) is 5.92 Å². The Labute approximate surface area is 213 Å². The summed E-state index contributed by atoms with van der Waals surface area (Å²) in [7, 11) is 0. The molecule has 11 heteroatoms. The van der Waals surface area contributed by atoms with Gasteiger partial charge >= 0.3 is 5.97 Å². The Bertz CT molecular complexity index is 1140. The van der Waals surface area contributed by atoms with Gasteiger partial charge in [-0.1, -0.05) is 35.7 Å². The normalized spacial score (nSPS) is 13.6. The van der Waals surface area contributed by atoms with Crippen molar-refractivity contribution in [2.24, 2.45) is 5.92 Å². The molecule has 36 heavy (non-hydrogen) atoms. The topological polar surface area (TPSA) is 129 Å². The Morgan fingerprint density at radius 1 is 1.11 bits per heavy atom. The third-order valence-corrected chi connectivity index (χ3v) is 6.11. The van der Waals surface area contributed by atoms with Gasteiger partial charge in [-0.25, -0.2) is 4.98 Å². The molecule has 192 valence electrons. The Morgan fingerprint density at radius 3 is 2.72 bits per heavy atom. The van der Waals surface area contributed by atoms with Gasteiger partial charge in [0, 0.05) is 19.3 Å². The summed E-state index contributed by atoms with van der Waals surface area (Å²) in [6.07, 6.45) is 6.60. The van der Waals surface area contributed by atoms with Gasteiger partial charge in [-0.05, 0) is 43.0 Å². The summed E-state index contributed by atoms with van der Waals surface area (Å²) in [5, 5.41) is 16.0. The van der Waals surface area contributed by atoms with E-state index in [9.17, 15) is 4.79 Å². The molecule has 2 heterocycles. The van der Waals surface area contributed by atoms with E-state index in [1.807, 2.05) is 6.07 Å². The van der Waals surface area contributed by atoms with Crippen LogP contribution >= 0.6 is 11.6 Å². The Balaban J connectivity index is 1.30. The first-order chi connectivity index (χ1) is 17.6. The highest BCUT2D eigenvalue weighted by molar-refractivity contribution is 6.33. The third-order valence-electron chi connectivity index (χ3n) is 5.74. The highest BCUT2D eigenvalue weighted by Crippen LogP contribution is 2.34. The summed E-state index contributed by atoms with van der Waals surface area (Å²) in [5.74, 6) is 1.72. The first kappa shape index (κ1) is 25.7. The first-order valence-electron chi connectivity index (χ1n) is 12.0. The van der Waals surface area contributed by atoms with Crippen molar-refractivity contribution in [1.82, 2.24) is 20.4 Å². The van der Waals surface area contributed by atoms with E-state index in [4.69, 9.17) is 35.4 Å². The second kappa shape index (κ2) is 13.1. The number of carboxylic acids is 1. The molecule has 1 fully saturated rings. The zero-order valence-corrected chi connectivity index (χ0v) is 20.6. The molecule has 2 aromatic heterocycles. The summed E-state index contributed by atoms with van der Waals surface area (Å²) in [5.41, 5.74) is 0.639. The molecule has 0 amide bonds. The molecule has 0 radical (unpaired) electrons. The number of carboxylic acid groups (broad SMARTS) is 1. The molecule has 0 bridgehead atoms. The Kier molecular flexibility index (Phi) is 9.34. The molecule has 0 saturated heterocycles. The summed E-state index contributed by atoms with van der Waals surface area (Å²) >= 11 is 6.43. The number of rotatable bonds is 14. The quantitative estimate of drug-likeness (QED) is 0.298. The van der Waals surface area contributed by atoms with Gasteiger partial charge in [0.15, 0.2) is 6.61 Å². The number of pyridine rings is 1. The summed E-state index contributed by atoms with van der Waals surface area (Å²) in [4.78, 5) is 19.3. The van der Waals surface area contributed by atoms with Crippen molar-refractivity contribution in [3.63, 3.8) is 0 Å². The zero-order valence-electron chi connectivity index (χ0n) is 19.8. The first-order valence-corrected chi connectivity index (χ1v) is 12.4. The van der Waals surface area contributed by atoms with E-state index < -0.39 is 5.97 Å². The Hall–Kier alpha value is -3.37. The van der Waals surface area contributed by atoms with E-state index in [0.29, 0.717) is 71.9 Å². The maximum atomic E-state index is 10.5. The van der Waals surface area contributed by atoms with Gasteiger partial charge in [0.2, 0.25) is 11.7 Å². The second-order valence-corrected chi connectivity index (χ2v) is 8.81. The highest BCUT2D eigenvalue weighted by atomic mass is 35.5. The van der Waals surface area contributed by atoms with Crippen molar-refractivity contribution < 1.29 is 28.6 Å². The predicted molar refractivity (Wildman–Crippen MR) is 131 cm³/mol. The molecule has 1 aliphatic carbocycles. The molecule has 0 aliphatic heterocycles. The van der Waals surface area contributed by atoms with Crippen molar-refractivity contribution in [1.29, 1.82) is 0 Å². The third kappa shape index (κ3) is 7.32. The van der Waals surface area contributed by atoms with Crippen molar-refractivity contribution in [3.8, 4) is 28.8 Å². The molecule has 1 aliphatic rings. The van der Waals surface area contributed by atoms with E-state index >= 15 is 0 Å². The minimum absolute atomic E-state index is 0.0436. The fourth-order valence-electron chi connectivity index (χ4n) is 3.87. The van der Waals surface area contributed by atoms with E-state index in [1.54, 1.807) is 30.5 Å². The largest absolute Gasteiger partial charge is 0.491 e. The van der Waals surface area contributed by atoms with Crippen molar-refractivity contribution in [2.75, 3.05) is 26.3 Å². The van der Waals surface area contributed by atoms with Gasteiger partial charge in [-0.15, -0.1) is 0 Å². The maximum absolute atomic E-state index is 10.5. The molecule has 4 rings (SSSR count). The average Bonchev–Trinajstić information content (AvgIpc) is 3.57. The monoisotopic (exact) mass is 516 g/mol. The minimum Gasteiger partial charge on any atom is -0.491 e. The molecule has 0 unspecified atom stereocenters. The number of carbonyl (C=O) groups is 1. The van der Waals surface area contributed by atoms with Crippen LogP contribution in [-0.2, 0) is 11.4 Å². The van der Waals surface area contributed by atoms with Gasteiger partial charge in [-0.2, -0.15) is 4.98 Å². The molecule has 0 spiro atoms. The smallest absolute Gasteiger partial charge is 0.304 e. The van der Waals surface area contributed by atoms with E-state index in [1.165, 1.54) is 25.7 Å². The molecule has 2 N–H and O–H groups in total. The van der Waals surface area contributed by atoms with Crippen LogP contribution < -0.4 is 19.5 Å². The number of aliphatic carboxylic acids is 1. The van der Waals surface area contributed by atoms with Gasteiger partial charge in [0.05, 0.1) is 13.0 Å². The lowest BCUT2D eigenvalue weighted by atomic mass is 10.1. The summed E-state index contributed by atoms with van der Waals surface area (Å²) in [6.45, 7) is 1.86. The molecule has 1 saturated carbocycles. The van der Waals surface area contributed by atoms with Crippen LogP contribution in [0.25, 0.3) is 11.5 Å². The number of hydrogen-bond acceptors (Lipinski definition) is 9. The van der Waals surface area contributed by atoms with Gasteiger partial charge in [0.25, 0.3) is 5.89 Å². The van der Waals surface area contributed by atoms with Crippen LogP contribution in [0.5, 0.6) is 17.4 Å². The number of nitrogens with one attached hydrogen (secondary N) is 1. The van der Waals surface area contributed by atoms with Gasteiger partial charge < -0.3 is 29.2 Å². The van der Waals surface area contributed by atoms with E-state index in [2.05, 4.69) is 20.4 Å². The van der Waals surface area contributed by atoms with E-state index in [0.717, 1.165) is 0 Å². The van der Waals surface area contributed by atoms with Crippen LogP contribution in [0.2, 0.25) is 5.02 Å². The van der Waals surface area contributed by atoms with Crippen molar-refractivity contribution in [2.45, 2.75) is 38.7 Å². The van der Waals surface area contributed by atoms with Crippen LogP contribution in [0.3, 0.4) is 0 Å². The van der Waals surface area contributed by atoms with Crippen LogP contribution in [0.1, 0.15) is 37.9 Å². The number of ether oxygens (including phenoxy) is 3. The number of nitrogens with zero attached hydrogens (tertiary/aromatic N) is 3.